The highest BCUT2D eigenvalue weighted by Crippen LogP contribution is 2.51. The van der Waals surface area contributed by atoms with Gasteiger partial charge in [0.15, 0.2) is 5.65 Å². The second-order valence-electron chi connectivity index (χ2n) is 6.82. The summed E-state index contributed by atoms with van der Waals surface area (Å²) in [5, 5.41) is 16.5. The normalized spacial score (nSPS) is 16.0. The molecule has 1 fully saturated rings. The van der Waals surface area contributed by atoms with E-state index < -0.39 is 17.3 Å². The van der Waals surface area contributed by atoms with Crippen LogP contribution in [0.5, 0.6) is 5.88 Å². The molecule has 0 radical (unpaired) electrons. The minimum Gasteiger partial charge on any atom is -0.477 e. The van der Waals surface area contributed by atoms with E-state index >= 15 is 0 Å². The van der Waals surface area contributed by atoms with Crippen LogP contribution in [0.3, 0.4) is 0 Å². The summed E-state index contributed by atoms with van der Waals surface area (Å²) in [5.74, 6) is -0.805. The van der Waals surface area contributed by atoms with Gasteiger partial charge in [0.05, 0.1) is 17.9 Å². The van der Waals surface area contributed by atoms with Crippen molar-refractivity contribution in [3.63, 3.8) is 0 Å². The van der Waals surface area contributed by atoms with Crippen molar-refractivity contribution in [1.82, 2.24) is 19.6 Å². The molecule has 1 saturated carbocycles. The van der Waals surface area contributed by atoms with Crippen LogP contribution in [0.4, 0.5) is 10.2 Å². The number of ether oxygens (including phenoxy) is 1. The summed E-state index contributed by atoms with van der Waals surface area (Å²) in [7, 11) is 0. The number of nitrogens with one attached hydrogen (secondary N) is 1. The van der Waals surface area contributed by atoms with E-state index in [1.54, 1.807) is 12.3 Å². The average molecular weight is 386 g/mol. The molecule has 9 nitrogen and oxygen atoms in total. The fourth-order valence-electron chi connectivity index (χ4n) is 3.02. The number of carboxylic acid groups (broad SMARTS) is 1. The number of aromatic nitrogens is 4. The number of aromatic carboxylic acids is 1. The first-order chi connectivity index (χ1) is 13.4. The fourth-order valence-corrected chi connectivity index (χ4v) is 3.02. The molecule has 1 atom stereocenters. The van der Waals surface area contributed by atoms with Crippen molar-refractivity contribution in [2.75, 3.05) is 11.9 Å². The van der Waals surface area contributed by atoms with E-state index in [1.807, 2.05) is 6.92 Å². The first-order valence-electron chi connectivity index (χ1n) is 8.80. The van der Waals surface area contributed by atoms with Crippen LogP contribution in [0, 0.1) is 5.82 Å². The van der Waals surface area contributed by atoms with Gasteiger partial charge in [-0.1, -0.05) is 0 Å². The molecular weight excluding hydrogens is 367 g/mol. The number of hydrogen-bond acceptors (Lipinski definition) is 7. The number of nitrogens with two attached hydrogens (primary N) is 1. The molecule has 1 aliphatic carbocycles. The van der Waals surface area contributed by atoms with Crippen LogP contribution >= 0.6 is 0 Å². The van der Waals surface area contributed by atoms with Gasteiger partial charge in [-0.3, -0.25) is 0 Å². The Morgan fingerprint density at radius 3 is 2.96 bits per heavy atom. The van der Waals surface area contributed by atoms with Gasteiger partial charge in [0, 0.05) is 18.3 Å². The van der Waals surface area contributed by atoms with Crippen molar-refractivity contribution in [1.29, 1.82) is 0 Å². The quantitative estimate of drug-likeness (QED) is 0.561. The zero-order valence-corrected chi connectivity index (χ0v) is 15.1. The van der Waals surface area contributed by atoms with Crippen molar-refractivity contribution in [2.45, 2.75) is 31.4 Å². The second kappa shape index (κ2) is 6.71. The van der Waals surface area contributed by atoms with Crippen LogP contribution in [0.1, 0.15) is 35.7 Å². The summed E-state index contributed by atoms with van der Waals surface area (Å²) in [5.41, 5.74) is 5.84. The summed E-state index contributed by atoms with van der Waals surface area (Å²) < 4.78 is 21.1. The molecule has 3 heterocycles. The average Bonchev–Trinajstić information content (AvgIpc) is 3.32. The van der Waals surface area contributed by atoms with Crippen molar-refractivity contribution in [3.8, 4) is 5.88 Å². The standard InChI is InChI=1S/C18H19FN6O3/c1-10(7-20)28-16-13(6-11(19)8-21-16)18(3-4-18)24-14-2-5-25-15(23-14)12(9-22-25)17(26)27/h2,5-6,8-10H,3-4,7,20H2,1H3,(H,23,24)(H,26,27)/t10-/m0/s1. The van der Waals surface area contributed by atoms with Crippen LogP contribution in [0.25, 0.3) is 5.65 Å². The largest absolute Gasteiger partial charge is 0.477 e. The number of carbonyl (C=O) groups is 1. The van der Waals surface area contributed by atoms with Gasteiger partial charge in [-0.05, 0) is 31.9 Å². The Hall–Kier alpha value is -3.27. The zero-order chi connectivity index (χ0) is 19.9. The maximum Gasteiger partial charge on any atom is 0.341 e. The second-order valence-corrected chi connectivity index (χ2v) is 6.82. The van der Waals surface area contributed by atoms with E-state index in [9.17, 15) is 14.3 Å². The molecule has 1 aliphatic rings. The number of pyridine rings is 1. The zero-order valence-electron chi connectivity index (χ0n) is 15.1. The SMILES string of the molecule is C[C@@H](CN)Oc1ncc(F)cc1C1(Nc2ccn3ncc(C(=O)O)c3n2)CC1. The number of fused-ring (bicyclic) bond motifs is 1. The maximum absolute atomic E-state index is 13.9. The molecule has 28 heavy (non-hydrogen) atoms. The van der Waals surface area contributed by atoms with Crippen molar-refractivity contribution >= 4 is 17.4 Å². The van der Waals surface area contributed by atoms with Gasteiger partial charge in [-0.2, -0.15) is 5.10 Å². The Kier molecular flexibility index (Phi) is 4.34. The Morgan fingerprint density at radius 1 is 1.50 bits per heavy atom. The lowest BCUT2D eigenvalue weighted by Gasteiger charge is -2.22. The maximum atomic E-state index is 13.9. The van der Waals surface area contributed by atoms with Gasteiger partial charge in [0.2, 0.25) is 5.88 Å². The van der Waals surface area contributed by atoms with Gasteiger partial charge in [-0.15, -0.1) is 0 Å². The molecule has 0 spiro atoms. The van der Waals surface area contributed by atoms with Gasteiger partial charge in [-0.25, -0.2) is 23.7 Å². The molecule has 4 rings (SSSR count). The molecule has 146 valence electrons. The molecule has 10 heteroatoms. The third-order valence-corrected chi connectivity index (χ3v) is 4.69. The lowest BCUT2D eigenvalue weighted by molar-refractivity contribution is 0.0698. The number of halogens is 1. The Labute approximate surface area is 159 Å². The van der Waals surface area contributed by atoms with E-state index in [1.165, 1.54) is 16.8 Å². The Morgan fingerprint density at radius 2 is 2.29 bits per heavy atom. The predicted molar refractivity (Wildman–Crippen MR) is 97.8 cm³/mol. The van der Waals surface area contributed by atoms with E-state index in [0.717, 1.165) is 19.0 Å². The molecule has 0 saturated heterocycles. The molecule has 3 aromatic heterocycles. The highest BCUT2D eigenvalue weighted by Gasteiger charge is 2.47. The van der Waals surface area contributed by atoms with Gasteiger partial charge >= 0.3 is 5.97 Å². The minimum atomic E-state index is -1.11. The first-order valence-corrected chi connectivity index (χ1v) is 8.80. The molecule has 0 bridgehead atoms. The topological polar surface area (TPSA) is 128 Å². The molecule has 0 aliphatic heterocycles. The van der Waals surface area contributed by atoms with Crippen LogP contribution in [-0.4, -0.2) is 43.3 Å². The Balaban J connectivity index is 1.69. The smallest absolute Gasteiger partial charge is 0.341 e. The highest BCUT2D eigenvalue weighted by molar-refractivity contribution is 5.94. The first kappa shape index (κ1) is 18.1. The number of hydrogen-bond donors (Lipinski definition) is 3. The summed E-state index contributed by atoms with van der Waals surface area (Å²) in [6, 6.07) is 3.08. The van der Waals surface area contributed by atoms with Crippen LogP contribution in [0.15, 0.2) is 30.7 Å². The summed E-state index contributed by atoms with van der Waals surface area (Å²) in [6.45, 7) is 2.11. The lowest BCUT2D eigenvalue weighted by atomic mass is 10.1. The number of rotatable bonds is 7. The van der Waals surface area contributed by atoms with Gasteiger partial charge in [0.25, 0.3) is 0 Å². The third kappa shape index (κ3) is 3.22. The molecule has 4 N–H and O–H groups in total. The minimum absolute atomic E-state index is 0.00159. The summed E-state index contributed by atoms with van der Waals surface area (Å²) in [4.78, 5) is 19.8. The molecule has 0 amide bonds. The predicted octanol–water partition coefficient (Wildman–Crippen LogP) is 1.79. The number of nitrogens with zero attached hydrogens (tertiary/aromatic N) is 4. The van der Waals surface area contributed by atoms with Crippen LogP contribution in [-0.2, 0) is 5.54 Å². The van der Waals surface area contributed by atoms with Crippen LogP contribution in [0.2, 0.25) is 0 Å². The molecule has 0 aromatic carbocycles. The van der Waals surface area contributed by atoms with Crippen molar-refractivity contribution < 1.29 is 19.0 Å². The summed E-state index contributed by atoms with van der Waals surface area (Å²) >= 11 is 0. The van der Waals surface area contributed by atoms with Crippen molar-refractivity contribution in [2.24, 2.45) is 5.73 Å². The number of anilines is 1. The summed E-state index contributed by atoms with van der Waals surface area (Å²) in [6.07, 6.45) is 5.15. The van der Waals surface area contributed by atoms with E-state index in [-0.39, 0.29) is 17.3 Å². The monoisotopic (exact) mass is 386 g/mol. The van der Waals surface area contributed by atoms with Crippen molar-refractivity contribution in [3.05, 3.63) is 47.7 Å². The third-order valence-electron chi connectivity index (χ3n) is 4.69. The van der Waals surface area contributed by atoms with E-state index in [4.69, 9.17) is 10.5 Å². The van der Waals surface area contributed by atoms with E-state index in [2.05, 4.69) is 20.4 Å². The molecule has 3 aromatic rings. The molecular formula is C18H19FN6O3. The van der Waals surface area contributed by atoms with Crippen LogP contribution < -0.4 is 15.8 Å². The highest BCUT2D eigenvalue weighted by atomic mass is 19.1. The Bertz CT molecular complexity index is 1050. The fraction of sp³-hybridized carbons (Fsp3) is 0.333. The van der Waals surface area contributed by atoms with Gasteiger partial charge in [0.1, 0.15) is 23.3 Å². The molecule has 0 unspecified atom stereocenters. The number of carboxylic acids is 1. The lowest BCUT2D eigenvalue weighted by Crippen LogP contribution is -2.27. The van der Waals surface area contributed by atoms with Gasteiger partial charge < -0.3 is 20.9 Å². The van der Waals surface area contributed by atoms with E-state index in [0.29, 0.717) is 23.8 Å².